The van der Waals surface area contributed by atoms with Crippen molar-refractivity contribution in [3.8, 4) is 5.75 Å². The molecular formula is C16H17F3N2O5S2. The second-order valence-electron chi connectivity index (χ2n) is 5.83. The van der Waals surface area contributed by atoms with Gasteiger partial charge in [0.2, 0.25) is 20.0 Å². The summed E-state index contributed by atoms with van der Waals surface area (Å²) >= 11 is 0. The number of rotatable bonds is 6. The van der Waals surface area contributed by atoms with Gasteiger partial charge in [-0.1, -0.05) is 12.1 Å². The summed E-state index contributed by atoms with van der Waals surface area (Å²) in [6.45, 7) is 1.57. The van der Waals surface area contributed by atoms with Gasteiger partial charge in [-0.2, -0.15) is 4.31 Å². The molecule has 28 heavy (non-hydrogen) atoms. The number of primary sulfonamides is 1. The smallest absolute Gasteiger partial charge is 0.406 e. The third-order valence-corrected chi connectivity index (χ3v) is 6.84. The molecule has 0 aliphatic heterocycles. The maximum Gasteiger partial charge on any atom is 0.573 e. The minimum Gasteiger partial charge on any atom is -0.406 e. The summed E-state index contributed by atoms with van der Waals surface area (Å²) in [6, 6.07) is 8.49. The lowest BCUT2D eigenvalue weighted by Crippen LogP contribution is -2.30. The van der Waals surface area contributed by atoms with Gasteiger partial charge in [0.1, 0.15) is 5.75 Å². The fourth-order valence-corrected chi connectivity index (χ4v) is 4.20. The number of benzene rings is 2. The lowest BCUT2D eigenvalue weighted by molar-refractivity contribution is -0.274. The Morgan fingerprint density at radius 1 is 0.929 bits per heavy atom. The molecule has 12 heteroatoms. The highest BCUT2D eigenvalue weighted by molar-refractivity contribution is 7.89. The molecule has 0 fully saturated rings. The number of hydrogen-bond acceptors (Lipinski definition) is 5. The molecule has 154 valence electrons. The van der Waals surface area contributed by atoms with Crippen LogP contribution < -0.4 is 9.88 Å². The summed E-state index contributed by atoms with van der Waals surface area (Å²) in [7, 11) is -6.61. The highest BCUT2D eigenvalue weighted by Gasteiger charge is 2.31. The lowest BCUT2D eigenvalue weighted by atomic mass is 10.1. The van der Waals surface area contributed by atoms with E-state index in [9.17, 15) is 30.0 Å². The number of halogens is 3. The number of sulfonamides is 2. The first-order valence-corrected chi connectivity index (χ1v) is 10.7. The fraction of sp³-hybridized carbons (Fsp3) is 0.250. The number of nitrogens with zero attached hydrogens (tertiary/aromatic N) is 1. The van der Waals surface area contributed by atoms with E-state index in [0.29, 0.717) is 5.56 Å². The van der Waals surface area contributed by atoms with Crippen molar-refractivity contribution in [2.75, 3.05) is 7.05 Å². The van der Waals surface area contributed by atoms with E-state index >= 15 is 0 Å². The summed E-state index contributed by atoms with van der Waals surface area (Å²) in [4.78, 5) is -0.341. The molecule has 2 rings (SSSR count). The van der Waals surface area contributed by atoms with E-state index in [0.717, 1.165) is 28.6 Å². The minimum atomic E-state index is -4.88. The second kappa shape index (κ2) is 7.70. The molecule has 2 aromatic rings. The van der Waals surface area contributed by atoms with Crippen molar-refractivity contribution in [3.05, 3.63) is 54.1 Å². The molecule has 2 aromatic carbocycles. The normalized spacial score (nSPS) is 14.1. The van der Waals surface area contributed by atoms with Gasteiger partial charge in [-0.15, -0.1) is 13.2 Å². The van der Waals surface area contributed by atoms with Gasteiger partial charge in [-0.3, -0.25) is 0 Å². The molecule has 0 aromatic heterocycles. The average Bonchev–Trinajstić information content (AvgIpc) is 2.59. The third-order valence-electron chi connectivity index (χ3n) is 3.97. The van der Waals surface area contributed by atoms with Crippen LogP contribution in [-0.2, 0) is 20.0 Å². The largest absolute Gasteiger partial charge is 0.573 e. The Morgan fingerprint density at radius 3 is 1.82 bits per heavy atom. The third kappa shape index (κ3) is 5.22. The van der Waals surface area contributed by atoms with Crippen molar-refractivity contribution in [2.24, 2.45) is 5.14 Å². The van der Waals surface area contributed by atoms with Crippen molar-refractivity contribution < 1.29 is 34.7 Å². The maximum atomic E-state index is 12.7. The van der Waals surface area contributed by atoms with Crippen LogP contribution in [0.15, 0.2) is 58.3 Å². The fourth-order valence-electron chi connectivity index (χ4n) is 2.33. The predicted octanol–water partition coefficient (Wildman–Crippen LogP) is 2.61. The Morgan fingerprint density at radius 2 is 1.39 bits per heavy atom. The van der Waals surface area contributed by atoms with Crippen LogP contribution in [0.25, 0.3) is 0 Å². The quantitative estimate of drug-likeness (QED) is 0.746. The van der Waals surface area contributed by atoms with Crippen LogP contribution in [0, 0.1) is 0 Å². The van der Waals surface area contributed by atoms with Gasteiger partial charge in [0.25, 0.3) is 0 Å². The number of nitrogens with two attached hydrogens (primary N) is 1. The first kappa shape index (κ1) is 22.1. The van der Waals surface area contributed by atoms with E-state index in [1.807, 2.05) is 0 Å². The molecule has 7 nitrogen and oxygen atoms in total. The zero-order chi connectivity index (χ0) is 21.3. The van der Waals surface area contributed by atoms with E-state index in [2.05, 4.69) is 4.74 Å². The molecular weight excluding hydrogens is 421 g/mol. The molecule has 0 saturated heterocycles. The van der Waals surface area contributed by atoms with E-state index in [4.69, 9.17) is 5.14 Å². The zero-order valence-corrected chi connectivity index (χ0v) is 16.3. The highest BCUT2D eigenvalue weighted by atomic mass is 32.2. The molecule has 0 spiro atoms. The minimum absolute atomic E-state index is 0.116. The number of ether oxygens (including phenoxy) is 1. The van der Waals surface area contributed by atoms with Gasteiger partial charge in [0, 0.05) is 13.1 Å². The Bertz CT molecular complexity index is 1040. The molecule has 0 aliphatic rings. The molecule has 0 radical (unpaired) electrons. The Labute approximate surface area is 160 Å². The summed E-state index contributed by atoms with van der Waals surface area (Å²) in [6.07, 6.45) is -4.88. The van der Waals surface area contributed by atoms with Crippen LogP contribution in [0.5, 0.6) is 5.75 Å². The second-order valence-corrected chi connectivity index (χ2v) is 9.39. The van der Waals surface area contributed by atoms with Crippen LogP contribution in [0.4, 0.5) is 13.2 Å². The molecule has 1 atom stereocenters. The van der Waals surface area contributed by atoms with Crippen LogP contribution >= 0.6 is 0 Å². The predicted molar refractivity (Wildman–Crippen MR) is 94.3 cm³/mol. The van der Waals surface area contributed by atoms with Crippen LogP contribution in [0.2, 0.25) is 0 Å². The van der Waals surface area contributed by atoms with E-state index in [1.54, 1.807) is 6.92 Å². The molecule has 0 bridgehead atoms. The van der Waals surface area contributed by atoms with Gasteiger partial charge >= 0.3 is 6.36 Å². The van der Waals surface area contributed by atoms with E-state index in [1.165, 1.54) is 31.3 Å². The van der Waals surface area contributed by atoms with Crippen molar-refractivity contribution in [1.29, 1.82) is 0 Å². The SMILES string of the molecule is CC(c1ccc(S(N)(=O)=O)cc1)N(C)S(=O)(=O)c1ccc(OC(F)(F)F)cc1. The van der Waals surface area contributed by atoms with Crippen molar-refractivity contribution in [1.82, 2.24) is 4.31 Å². The Kier molecular flexibility index (Phi) is 6.09. The van der Waals surface area contributed by atoms with Crippen LogP contribution in [0.1, 0.15) is 18.5 Å². The first-order chi connectivity index (χ1) is 12.7. The zero-order valence-electron chi connectivity index (χ0n) is 14.7. The average molecular weight is 438 g/mol. The molecule has 0 aliphatic carbocycles. The Hall–Kier alpha value is -2.15. The van der Waals surface area contributed by atoms with Crippen LogP contribution in [-0.4, -0.2) is 34.6 Å². The van der Waals surface area contributed by atoms with Gasteiger partial charge in [-0.05, 0) is 48.9 Å². The standard InChI is InChI=1S/C16H17F3N2O5S2/c1-11(12-3-7-14(8-4-12)27(20,22)23)21(2)28(24,25)15-9-5-13(6-10-15)26-16(17,18)19/h3-11H,1-2H3,(H2,20,22,23). The monoisotopic (exact) mass is 438 g/mol. The summed E-state index contributed by atoms with van der Waals surface area (Å²) in [5, 5.41) is 5.02. The summed E-state index contributed by atoms with van der Waals surface area (Å²) in [5.41, 5.74) is 0.496. The van der Waals surface area contributed by atoms with Crippen molar-refractivity contribution >= 4 is 20.0 Å². The van der Waals surface area contributed by atoms with E-state index in [-0.39, 0.29) is 9.79 Å². The molecule has 1 unspecified atom stereocenters. The van der Waals surface area contributed by atoms with E-state index < -0.39 is 38.2 Å². The molecule has 0 saturated carbocycles. The van der Waals surface area contributed by atoms with Gasteiger partial charge in [0.05, 0.1) is 9.79 Å². The summed E-state index contributed by atoms with van der Waals surface area (Å²) < 4.78 is 89.4. The van der Waals surface area contributed by atoms with Gasteiger partial charge in [0.15, 0.2) is 0 Å². The first-order valence-electron chi connectivity index (χ1n) is 7.68. The van der Waals surface area contributed by atoms with Crippen molar-refractivity contribution in [2.45, 2.75) is 29.1 Å². The molecule has 2 N–H and O–H groups in total. The molecule has 0 heterocycles. The molecule has 0 amide bonds. The highest BCUT2D eigenvalue weighted by Crippen LogP contribution is 2.28. The number of alkyl halides is 3. The van der Waals surface area contributed by atoms with Gasteiger partial charge in [-0.25, -0.2) is 22.0 Å². The van der Waals surface area contributed by atoms with Gasteiger partial charge < -0.3 is 4.74 Å². The maximum absolute atomic E-state index is 12.7. The lowest BCUT2D eigenvalue weighted by Gasteiger charge is -2.25. The van der Waals surface area contributed by atoms with Crippen molar-refractivity contribution in [3.63, 3.8) is 0 Å². The number of hydrogen-bond donors (Lipinski definition) is 1. The van der Waals surface area contributed by atoms with Crippen LogP contribution in [0.3, 0.4) is 0 Å². The topological polar surface area (TPSA) is 107 Å². The Balaban J connectivity index is 2.25. The summed E-state index contributed by atoms with van der Waals surface area (Å²) in [5.74, 6) is -0.541.